The van der Waals surface area contributed by atoms with Crippen molar-refractivity contribution in [2.45, 2.75) is 31.2 Å². The van der Waals surface area contributed by atoms with Crippen molar-refractivity contribution in [1.29, 1.82) is 5.26 Å². The smallest absolute Gasteiger partial charge is 0.241 e. The van der Waals surface area contributed by atoms with Crippen LogP contribution in [0.15, 0.2) is 23.1 Å². The molecule has 1 aliphatic heterocycles. The van der Waals surface area contributed by atoms with E-state index in [-0.39, 0.29) is 16.9 Å². The molecule has 6 heteroatoms. The average Bonchev–Trinajstić information content (AvgIpc) is 2.40. The molecule has 108 valence electrons. The summed E-state index contributed by atoms with van der Waals surface area (Å²) >= 11 is 0. The summed E-state index contributed by atoms with van der Waals surface area (Å²) in [4.78, 5) is 0.252. The Morgan fingerprint density at radius 3 is 2.80 bits per heavy atom. The van der Waals surface area contributed by atoms with Gasteiger partial charge in [0.15, 0.2) is 0 Å². The van der Waals surface area contributed by atoms with Crippen LogP contribution in [-0.4, -0.2) is 27.5 Å². The largest absolute Gasteiger partial charge is 0.316 e. The van der Waals surface area contributed by atoms with Gasteiger partial charge in [-0.15, -0.1) is 0 Å². The van der Waals surface area contributed by atoms with E-state index < -0.39 is 10.0 Å². The predicted molar refractivity (Wildman–Crippen MR) is 76.7 cm³/mol. The number of piperidine rings is 1. The van der Waals surface area contributed by atoms with Crippen molar-refractivity contribution in [2.75, 3.05) is 13.1 Å². The first-order valence-electron chi connectivity index (χ1n) is 6.68. The Kier molecular flexibility index (Phi) is 4.43. The number of benzene rings is 1. The van der Waals surface area contributed by atoms with Crippen LogP contribution in [0.1, 0.15) is 24.5 Å². The predicted octanol–water partition coefficient (Wildman–Crippen LogP) is 1.14. The molecule has 0 aromatic heterocycles. The van der Waals surface area contributed by atoms with E-state index in [2.05, 4.69) is 10.0 Å². The molecule has 20 heavy (non-hydrogen) atoms. The molecule has 1 aliphatic rings. The molecule has 0 aliphatic carbocycles. The maximum absolute atomic E-state index is 12.5. The molecule has 1 fully saturated rings. The van der Waals surface area contributed by atoms with Gasteiger partial charge >= 0.3 is 0 Å². The highest BCUT2D eigenvalue weighted by Gasteiger charge is 2.27. The Balaban J connectivity index is 2.24. The van der Waals surface area contributed by atoms with E-state index in [4.69, 9.17) is 5.26 Å². The SMILES string of the molecule is Cc1cc(C#N)ccc1S(=O)(=O)NC1CCNCC1C. The van der Waals surface area contributed by atoms with Crippen molar-refractivity contribution < 1.29 is 8.42 Å². The lowest BCUT2D eigenvalue weighted by Crippen LogP contribution is -2.48. The van der Waals surface area contributed by atoms with E-state index in [0.717, 1.165) is 19.5 Å². The number of rotatable bonds is 3. The van der Waals surface area contributed by atoms with Crippen molar-refractivity contribution >= 4 is 10.0 Å². The van der Waals surface area contributed by atoms with Gasteiger partial charge in [-0.3, -0.25) is 0 Å². The van der Waals surface area contributed by atoms with Gasteiger partial charge in [0.25, 0.3) is 0 Å². The topological polar surface area (TPSA) is 82.0 Å². The van der Waals surface area contributed by atoms with Crippen molar-refractivity contribution in [1.82, 2.24) is 10.0 Å². The molecule has 0 bridgehead atoms. The standard InChI is InChI=1S/C14H19N3O2S/c1-10-7-12(8-15)3-4-14(10)20(18,19)17-13-5-6-16-9-11(13)2/h3-4,7,11,13,16-17H,5-6,9H2,1-2H3. The van der Waals surface area contributed by atoms with Gasteiger partial charge in [0.05, 0.1) is 16.5 Å². The molecule has 0 spiro atoms. The summed E-state index contributed by atoms with van der Waals surface area (Å²) in [6.45, 7) is 5.38. The molecule has 2 unspecified atom stereocenters. The third-order valence-electron chi connectivity index (χ3n) is 3.69. The molecule has 0 radical (unpaired) electrons. The van der Waals surface area contributed by atoms with Crippen LogP contribution in [0.4, 0.5) is 0 Å². The molecule has 0 amide bonds. The van der Waals surface area contributed by atoms with Crippen molar-refractivity contribution in [3.63, 3.8) is 0 Å². The van der Waals surface area contributed by atoms with Gasteiger partial charge in [0.2, 0.25) is 10.0 Å². The van der Waals surface area contributed by atoms with Gasteiger partial charge in [-0.25, -0.2) is 13.1 Å². The minimum absolute atomic E-state index is 0.0451. The van der Waals surface area contributed by atoms with Gasteiger partial charge in [0, 0.05) is 6.04 Å². The van der Waals surface area contributed by atoms with E-state index in [9.17, 15) is 8.42 Å². The van der Waals surface area contributed by atoms with Gasteiger partial charge in [-0.2, -0.15) is 5.26 Å². The van der Waals surface area contributed by atoms with Gasteiger partial charge in [-0.05, 0) is 56.1 Å². The van der Waals surface area contributed by atoms with Crippen molar-refractivity contribution in [3.05, 3.63) is 29.3 Å². The second kappa shape index (κ2) is 5.92. The maximum atomic E-state index is 12.5. The Morgan fingerprint density at radius 1 is 1.45 bits per heavy atom. The number of sulfonamides is 1. The fraction of sp³-hybridized carbons (Fsp3) is 0.500. The first-order valence-corrected chi connectivity index (χ1v) is 8.16. The lowest BCUT2D eigenvalue weighted by Gasteiger charge is -2.30. The van der Waals surface area contributed by atoms with Crippen LogP contribution in [0.5, 0.6) is 0 Å². The number of nitrogens with one attached hydrogen (secondary N) is 2. The monoisotopic (exact) mass is 293 g/mol. The van der Waals surface area contributed by atoms with Crippen LogP contribution in [0, 0.1) is 24.2 Å². The minimum Gasteiger partial charge on any atom is -0.316 e. The van der Waals surface area contributed by atoms with Crippen LogP contribution in [0.2, 0.25) is 0 Å². The molecule has 2 rings (SSSR count). The lowest BCUT2D eigenvalue weighted by atomic mass is 9.97. The Hall–Kier alpha value is -1.42. The van der Waals surface area contributed by atoms with Crippen LogP contribution in [-0.2, 0) is 10.0 Å². The molecular formula is C14H19N3O2S. The molecule has 1 heterocycles. The third kappa shape index (κ3) is 3.18. The number of aryl methyl sites for hydroxylation is 1. The second-order valence-corrected chi connectivity index (χ2v) is 6.97. The molecule has 0 saturated carbocycles. The summed E-state index contributed by atoms with van der Waals surface area (Å²) in [6.07, 6.45) is 0.787. The molecule has 1 saturated heterocycles. The summed E-state index contributed by atoms with van der Waals surface area (Å²) in [7, 11) is -3.54. The summed E-state index contributed by atoms with van der Waals surface area (Å²) in [5.74, 6) is 0.261. The van der Waals surface area contributed by atoms with Crippen LogP contribution in [0.25, 0.3) is 0 Å². The Bertz CT molecular complexity index is 634. The van der Waals surface area contributed by atoms with E-state index in [1.54, 1.807) is 13.0 Å². The zero-order valence-electron chi connectivity index (χ0n) is 11.7. The first kappa shape index (κ1) is 15.0. The fourth-order valence-electron chi connectivity index (χ4n) is 2.47. The molecule has 1 aromatic rings. The van der Waals surface area contributed by atoms with Crippen LogP contribution >= 0.6 is 0 Å². The van der Waals surface area contributed by atoms with E-state index in [0.29, 0.717) is 11.1 Å². The van der Waals surface area contributed by atoms with Crippen molar-refractivity contribution in [3.8, 4) is 6.07 Å². The molecule has 2 atom stereocenters. The first-order chi connectivity index (χ1) is 9.44. The van der Waals surface area contributed by atoms with Crippen LogP contribution < -0.4 is 10.0 Å². The molecule has 1 aromatic carbocycles. The summed E-state index contributed by atoms with van der Waals surface area (Å²) in [6, 6.07) is 6.60. The zero-order valence-corrected chi connectivity index (χ0v) is 12.5. The molecule has 5 nitrogen and oxygen atoms in total. The number of nitriles is 1. The average molecular weight is 293 g/mol. The quantitative estimate of drug-likeness (QED) is 0.875. The third-order valence-corrected chi connectivity index (χ3v) is 5.34. The maximum Gasteiger partial charge on any atom is 0.241 e. The number of hydrogen-bond acceptors (Lipinski definition) is 4. The number of hydrogen-bond donors (Lipinski definition) is 2. The molecular weight excluding hydrogens is 274 g/mol. The van der Waals surface area contributed by atoms with Crippen LogP contribution in [0.3, 0.4) is 0 Å². The van der Waals surface area contributed by atoms with Crippen molar-refractivity contribution in [2.24, 2.45) is 5.92 Å². The minimum atomic E-state index is -3.54. The number of nitrogens with zero attached hydrogens (tertiary/aromatic N) is 1. The second-order valence-electron chi connectivity index (χ2n) is 5.29. The summed E-state index contributed by atoms with van der Waals surface area (Å²) in [5.41, 5.74) is 1.06. The highest BCUT2D eigenvalue weighted by Crippen LogP contribution is 2.19. The fourth-order valence-corrected chi connectivity index (χ4v) is 4.08. The Labute approximate surface area is 120 Å². The highest BCUT2D eigenvalue weighted by molar-refractivity contribution is 7.89. The molecule has 2 N–H and O–H groups in total. The summed E-state index contributed by atoms with van der Waals surface area (Å²) in [5, 5.41) is 12.1. The van der Waals surface area contributed by atoms with E-state index in [1.807, 2.05) is 13.0 Å². The van der Waals surface area contributed by atoms with Gasteiger partial charge in [-0.1, -0.05) is 6.92 Å². The van der Waals surface area contributed by atoms with Gasteiger partial charge in [0.1, 0.15) is 0 Å². The van der Waals surface area contributed by atoms with Gasteiger partial charge < -0.3 is 5.32 Å². The lowest BCUT2D eigenvalue weighted by molar-refractivity contribution is 0.328. The highest BCUT2D eigenvalue weighted by atomic mass is 32.2. The zero-order chi connectivity index (χ0) is 14.8. The summed E-state index contributed by atoms with van der Waals surface area (Å²) < 4.78 is 27.7. The van der Waals surface area contributed by atoms with E-state index in [1.165, 1.54) is 12.1 Å². The van der Waals surface area contributed by atoms with E-state index >= 15 is 0 Å². The normalized spacial score (nSPS) is 23.2. The Morgan fingerprint density at radius 2 is 2.20 bits per heavy atom.